The summed E-state index contributed by atoms with van der Waals surface area (Å²) in [5.74, 6) is -0.803. The molecule has 0 spiro atoms. The molecule has 2 N–H and O–H groups in total. The maximum absolute atomic E-state index is 12.1. The Morgan fingerprint density at radius 1 is 1.24 bits per heavy atom. The number of carbonyl (C=O) groups excluding carboxylic acids is 1. The molecule has 1 saturated carbocycles. The van der Waals surface area contributed by atoms with E-state index in [1.165, 1.54) is 0 Å². The molecule has 0 aromatic carbocycles. The van der Waals surface area contributed by atoms with Crippen molar-refractivity contribution in [1.29, 1.82) is 0 Å². The molecule has 0 radical (unpaired) electrons. The van der Waals surface area contributed by atoms with E-state index >= 15 is 0 Å². The molecule has 1 aliphatic rings. The van der Waals surface area contributed by atoms with Crippen LogP contribution in [-0.4, -0.2) is 65.2 Å². The van der Waals surface area contributed by atoms with Crippen LogP contribution >= 0.6 is 0 Å². The molecule has 1 fully saturated rings. The smallest absolute Gasteiger partial charge is 0.317 e. The minimum atomic E-state index is -0.803. The lowest BCUT2D eigenvalue weighted by Crippen LogP contribution is -2.56. The van der Waals surface area contributed by atoms with Gasteiger partial charge in [-0.15, -0.1) is 0 Å². The number of hydrogen-bond acceptors (Lipinski definition) is 3. The normalized spacial score (nSPS) is 20.8. The summed E-state index contributed by atoms with van der Waals surface area (Å²) in [6, 6.07) is 0.336. The molecule has 0 bridgehead atoms. The Labute approximate surface area is 126 Å². The van der Waals surface area contributed by atoms with Gasteiger partial charge in [0.2, 0.25) is 0 Å². The Balaban J connectivity index is 2.38. The fourth-order valence-corrected chi connectivity index (χ4v) is 2.60. The van der Waals surface area contributed by atoms with Crippen molar-refractivity contribution in [3.63, 3.8) is 0 Å². The summed E-state index contributed by atoms with van der Waals surface area (Å²) in [4.78, 5) is 26.5. The Morgan fingerprint density at radius 3 is 2.29 bits per heavy atom. The number of carboxylic acids is 1. The fraction of sp³-hybridized carbons (Fsp3) is 0.733. The highest BCUT2D eigenvalue weighted by Gasteiger charge is 2.35. The summed E-state index contributed by atoms with van der Waals surface area (Å²) in [5.41, 5.74) is 0.956. The van der Waals surface area contributed by atoms with Crippen LogP contribution in [0.2, 0.25) is 0 Å². The third kappa shape index (κ3) is 5.38. The van der Waals surface area contributed by atoms with Crippen molar-refractivity contribution in [3.8, 4) is 0 Å². The van der Waals surface area contributed by atoms with Gasteiger partial charge in [-0.2, -0.15) is 0 Å². The van der Waals surface area contributed by atoms with Gasteiger partial charge in [0.15, 0.2) is 0 Å². The molecule has 0 aromatic heterocycles. The molecule has 0 saturated heterocycles. The van der Waals surface area contributed by atoms with E-state index in [1.54, 1.807) is 4.90 Å². The number of carbonyl (C=O) groups is 2. The quantitative estimate of drug-likeness (QED) is 0.666. The molecule has 0 aromatic rings. The molecule has 6 heteroatoms. The highest BCUT2D eigenvalue weighted by Crippen LogP contribution is 2.25. The molecule has 2 amide bonds. The maximum atomic E-state index is 12.1. The van der Waals surface area contributed by atoms with E-state index < -0.39 is 5.97 Å². The van der Waals surface area contributed by atoms with E-state index in [9.17, 15) is 9.59 Å². The van der Waals surface area contributed by atoms with Crippen molar-refractivity contribution in [1.82, 2.24) is 15.1 Å². The minimum Gasteiger partial charge on any atom is -0.480 e. The standard InChI is InChI=1S/C15H27N3O3/c1-5-17(10-14(19)20)13-7-12(8-13)16-15(21)18(6-2)9-11(3)4/h12-13H,3,5-10H2,1-2,4H3,(H,16,21)(H,19,20). The molecule has 6 nitrogen and oxygen atoms in total. The van der Waals surface area contributed by atoms with Gasteiger partial charge in [0, 0.05) is 25.2 Å². The lowest BCUT2D eigenvalue weighted by Gasteiger charge is -2.42. The topological polar surface area (TPSA) is 72.9 Å². The number of nitrogens with one attached hydrogen (secondary N) is 1. The summed E-state index contributed by atoms with van der Waals surface area (Å²) in [7, 11) is 0. The van der Waals surface area contributed by atoms with E-state index in [0.29, 0.717) is 19.6 Å². The van der Waals surface area contributed by atoms with Gasteiger partial charge < -0.3 is 15.3 Å². The zero-order valence-electron chi connectivity index (χ0n) is 13.3. The van der Waals surface area contributed by atoms with Crippen LogP contribution in [0.3, 0.4) is 0 Å². The fourth-order valence-electron chi connectivity index (χ4n) is 2.60. The molecular formula is C15H27N3O3. The molecule has 1 aliphatic carbocycles. The van der Waals surface area contributed by atoms with Crippen LogP contribution in [0, 0.1) is 0 Å². The highest BCUT2D eigenvalue weighted by molar-refractivity contribution is 5.75. The number of amides is 2. The first kappa shape index (κ1) is 17.5. The molecule has 0 aliphatic heterocycles. The highest BCUT2D eigenvalue weighted by atomic mass is 16.4. The third-order valence-corrected chi connectivity index (χ3v) is 3.83. The van der Waals surface area contributed by atoms with Crippen molar-refractivity contribution in [2.45, 2.75) is 45.7 Å². The Kier molecular flexibility index (Phi) is 6.68. The number of hydrogen-bond donors (Lipinski definition) is 2. The number of rotatable bonds is 8. The second-order valence-electron chi connectivity index (χ2n) is 5.70. The summed E-state index contributed by atoms with van der Waals surface area (Å²) in [6.07, 6.45) is 1.63. The van der Waals surface area contributed by atoms with Crippen LogP contribution in [0.4, 0.5) is 4.79 Å². The van der Waals surface area contributed by atoms with Crippen LogP contribution in [-0.2, 0) is 4.79 Å². The van der Waals surface area contributed by atoms with Gasteiger partial charge in [0.1, 0.15) is 0 Å². The summed E-state index contributed by atoms with van der Waals surface area (Å²) < 4.78 is 0. The van der Waals surface area contributed by atoms with Crippen molar-refractivity contribution < 1.29 is 14.7 Å². The molecular weight excluding hydrogens is 270 g/mol. The van der Waals surface area contributed by atoms with Crippen molar-refractivity contribution in [2.75, 3.05) is 26.2 Å². The number of aliphatic carboxylic acids is 1. The second kappa shape index (κ2) is 8.02. The Bertz CT molecular complexity index is 392. The predicted octanol–water partition coefficient (Wildman–Crippen LogP) is 1.53. The lowest BCUT2D eigenvalue weighted by atomic mass is 9.85. The minimum absolute atomic E-state index is 0.0646. The first-order valence-corrected chi connectivity index (χ1v) is 7.53. The first-order chi connectivity index (χ1) is 9.87. The van der Waals surface area contributed by atoms with E-state index in [4.69, 9.17) is 5.11 Å². The van der Waals surface area contributed by atoms with Crippen LogP contribution in [0.15, 0.2) is 12.2 Å². The Hall–Kier alpha value is -1.56. The zero-order chi connectivity index (χ0) is 16.0. The molecule has 0 heterocycles. The van der Waals surface area contributed by atoms with Gasteiger partial charge in [-0.05, 0) is 33.2 Å². The largest absolute Gasteiger partial charge is 0.480 e. The van der Waals surface area contributed by atoms with Gasteiger partial charge >= 0.3 is 12.0 Å². The van der Waals surface area contributed by atoms with Gasteiger partial charge in [0.25, 0.3) is 0 Å². The monoisotopic (exact) mass is 297 g/mol. The molecule has 120 valence electrons. The maximum Gasteiger partial charge on any atom is 0.317 e. The third-order valence-electron chi connectivity index (χ3n) is 3.83. The number of carboxylic acid groups (broad SMARTS) is 1. The summed E-state index contributed by atoms with van der Waals surface area (Å²) in [6.45, 7) is 11.6. The van der Waals surface area contributed by atoms with Gasteiger partial charge in [0.05, 0.1) is 6.54 Å². The number of nitrogens with zero attached hydrogens (tertiary/aromatic N) is 2. The van der Waals surface area contributed by atoms with Crippen molar-refractivity contribution in [2.24, 2.45) is 0 Å². The van der Waals surface area contributed by atoms with Gasteiger partial charge in [-0.25, -0.2) is 4.79 Å². The second-order valence-corrected chi connectivity index (χ2v) is 5.70. The van der Waals surface area contributed by atoms with E-state index in [0.717, 1.165) is 18.4 Å². The van der Waals surface area contributed by atoms with E-state index in [1.807, 2.05) is 25.7 Å². The average Bonchev–Trinajstić information content (AvgIpc) is 2.36. The number of urea groups is 1. The number of likely N-dealkylation sites (N-methyl/N-ethyl adjacent to an activating group) is 2. The average molecular weight is 297 g/mol. The van der Waals surface area contributed by atoms with Crippen LogP contribution < -0.4 is 5.32 Å². The Morgan fingerprint density at radius 2 is 1.86 bits per heavy atom. The first-order valence-electron chi connectivity index (χ1n) is 7.53. The van der Waals surface area contributed by atoms with E-state index in [-0.39, 0.29) is 24.7 Å². The van der Waals surface area contributed by atoms with Crippen LogP contribution in [0.25, 0.3) is 0 Å². The molecule has 21 heavy (non-hydrogen) atoms. The predicted molar refractivity (Wildman–Crippen MR) is 82.3 cm³/mol. The van der Waals surface area contributed by atoms with Crippen molar-refractivity contribution in [3.05, 3.63) is 12.2 Å². The SMILES string of the molecule is C=C(C)CN(CC)C(=O)NC1CC(N(CC)CC(=O)O)C1. The van der Waals surface area contributed by atoms with Crippen LogP contribution in [0.5, 0.6) is 0 Å². The van der Waals surface area contributed by atoms with Crippen molar-refractivity contribution >= 4 is 12.0 Å². The van der Waals surface area contributed by atoms with E-state index in [2.05, 4.69) is 11.9 Å². The molecule has 0 unspecified atom stereocenters. The van der Waals surface area contributed by atoms with Gasteiger partial charge in [-0.1, -0.05) is 19.1 Å². The van der Waals surface area contributed by atoms with Crippen LogP contribution in [0.1, 0.15) is 33.6 Å². The summed E-state index contributed by atoms with van der Waals surface area (Å²) >= 11 is 0. The lowest BCUT2D eigenvalue weighted by molar-refractivity contribution is -0.139. The molecule has 1 rings (SSSR count). The zero-order valence-corrected chi connectivity index (χ0v) is 13.3. The molecule has 0 atom stereocenters. The van der Waals surface area contributed by atoms with Gasteiger partial charge in [-0.3, -0.25) is 9.69 Å². The summed E-state index contributed by atoms with van der Waals surface area (Å²) in [5, 5.41) is 11.9.